The third kappa shape index (κ3) is 18.0. The van der Waals surface area contributed by atoms with E-state index in [1.165, 1.54) is 25.7 Å². The predicted molar refractivity (Wildman–Crippen MR) is 128 cm³/mol. The van der Waals surface area contributed by atoms with Gasteiger partial charge in [0.2, 0.25) is 0 Å². The molecule has 4 nitrogen and oxygen atoms in total. The zero-order valence-electron chi connectivity index (χ0n) is 21.4. The van der Waals surface area contributed by atoms with Crippen LogP contribution in [0.25, 0.3) is 0 Å². The minimum absolute atomic E-state index is 0. The van der Waals surface area contributed by atoms with Crippen molar-refractivity contribution in [2.75, 3.05) is 0 Å². The fourth-order valence-electron chi connectivity index (χ4n) is 2.92. The standard InChI is InChI=1S/2C12H25N2.Co/c2*1-7-8-12(6)14(11(4)5)9-13-10(2)3;/h2*10-12H,7-8H2,1-6H3;/q2*-1;+2. The van der Waals surface area contributed by atoms with Gasteiger partial charge < -0.3 is 19.8 Å². The minimum Gasteiger partial charge on any atom is -0.533 e. The van der Waals surface area contributed by atoms with E-state index in [4.69, 9.17) is 0 Å². The molecule has 0 spiro atoms. The van der Waals surface area contributed by atoms with E-state index in [-0.39, 0.29) is 16.8 Å². The molecular weight excluding hydrogens is 403 g/mol. The number of rotatable bonds is 12. The molecule has 0 aromatic rings. The predicted octanol–water partition coefficient (Wildman–Crippen LogP) is 6.40. The number of aliphatic imine (C=N–C) groups is 2. The first-order valence-corrected chi connectivity index (χ1v) is 11.4. The van der Waals surface area contributed by atoms with Gasteiger partial charge in [0.15, 0.2) is 0 Å². The Kier molecular flexibility index (Phi) is 22.2. The summed E-state index contributed by atoms with van der Waals surface area (Å²) in [6.07, 6.45) is 11.2. The summed E-state index contributed by atoms with van der Waals surface area (Å²) in [5, 5.41) is 0. The first kappa shape index (κ1) is 33.1. The van der Waals surface area contributed by atoms with Gasteiger partial charge in [-0.15, -0.1) is 0 Å². The molecule has 0 fully saturated rings. The molecule has 0 aliphatic carbocycles. The fourth-order valence-corrected chi connectivity index (χ4v) is 2.92. The summed E-state index contributed by atoms with van der Waals surface area (Å²) in [5.74, 6) is 0. The summed E-state index contributed by atoms with van der Waals surface area (Å²) in [6.45, 7) is 26.0. The van der Waals surface area contributed by atoms with Gasteiger partial charge >= 0.3 is 16.8 Å². The van der Waals surface area contributed by atoms with Gasteiger partial charge in [-0.25, -0.2) is 0 Å². The smallest absolute Gasteiger partial charge is 0.533 e. The normalized spacial score (nSPS) is 13.8. The molecule has 1 radical (unpaired) electrons. The number of hydrogen-bond acceptors (Lipinski definition) is 2. The SMILES string of the molecule is CCCC(C)N([C-]=NC(C)C)C(C)C.CCCC(C)N([C-]=NC(C)C)C(C)C.[Co+2]. The van der Waals surface area contributed by atoms with Crippen molar-refractivity contribution in [3.8, 4) is 0 Å². The molecule has 0 aliphatic heterocycles. The van der Waals surface area contributed by atoms with Crippen molar-refractivity contribution >= 4 is 12.7 Å². The topological polar surface area (TPSA) is 31.2 Å². The minimum atomic E-state index is 0. The van der Waals surface area contributed by atoms with Crippen LogP contribution in [0.2, 0.25) is 0 Å². The zero-order chi connectivity index (χ0) is 22.3. The van der Waals surface area contributed by atoms with Crippen LogP contribution in [-0.2, 0) is 16.8 Å². The maximum absolute atomic E-state index is 4.33. The van der Waals surface area contributed by atoms with Gasteiger partial charge in [-0.1, -0.05) is 26.7 Å². The molecule has 0 aromatic heterocycles. The maximum Gasteiger partial charge on any atom is 2.00 e. The van der Waals surface area contributed by atoms with E-state index in [1.807, 2.05) is 0 Å². The van der Waals surface area contributed by atoms with Crippen LogP contribution in [-0.4, -0.2) is 58.7 Å². The molecule has 175 valence electrons. The summed E-state index contributed by atoms with van der Waals surface area (Å²) in [6, 6.07) is 2.73. The Hall–Kier alpha value is -0.554. The summed E-state index contributed by atoms with van der Waals surface area (Å²) in [5.41, 5.74) is 0. The molecular formula is C24H50CoN4. The molecule has 2 unspecified atom stereocenters. The van der Waals surface area contributed by atoms with Crippen LogP contribution in [0.4, 0.5) is 0 Å². The Labute approximate surface area is 194 Å². The molecule has 0 bridgehead atoms. The Morgan fingerprint density at radius 2 is 0.862 bits per heavy atom. The van der Waals surface area contributed by atoms with Crippen molar-refractivity contribution in [2.45, 2.75) is 145 Å². The van der Waals surface area contributed by atoms with Gasteiger partial charge in [-0.05, 0) is 106 Å². The maximum atomic E-state index is 4.33. The van der Waals surface area contributed by atoms with Crippen LogP contribution in [0.5, 0.6) is 0 Å². The van der Waals surface area contributed by atoms with Crippen molar-refractivity contribution in [1.29, 1.82) is 0 Å². The Morgan fingerprint density at radius 3 is 1.03 bits per heavy atom. The first-order chi connectivity index (χ1) is 13.0. The Bertz CT molecular complexity index is 368. The molecule has 5 heteroatoms. The van der Waals surface area contributed by atoms with E-state index < -0.39 is 0 Å². The summed E-state index contributed by atoms with van der Waals surface area (Å²) < 4.78 is 0. The van der Waals surface area contributed by atoms with Crippen LogP contribution < -0.4 is 0 Å². The summed E-state index contributed by atoms with van der Waals surface area (Å²) in [7, 11) is 0. The van der Waals surface area contributed by atoms with E-state index in [2.05, 4.69) is 116 Å². The largest absolute Gasteiger partial charge is 2.00 e. The second-order valence-electron chi connectivity index (χ2n) is 8.92. The molecule has 0 rings (SSSR count). The Morgan fingerprint density at radius 1 is 0.586 bits per heavy atom. The van der Waals surface area contributed by atoms with Gasteiger partial charge in [-0.2, -0.15) is 0 Å². The number of nitrogens with zero attached hydrogens (tertiary/aromatic N) is 4. The van der Waals surface area contributed by atoms with Crippen molar-refractivity contribution in [2.24, 2.45) is 9.98 Å². The molecule has 0 saturated carbocycles. The summed E-state index contributed by atoms with van der Waals surface area (Å²) in [4.78, 5) is 13.1. The van der Waals surface area contributed by atoms with Gasteiger partial charge in [0.1, 0.15) is 0 Å². The van der Waals surface area contributed by atoms with E-state index in [1.54, 1.807) is 0 Å². The average Bonchev–Trinajstić information content (AvgIpc) is 2.55. The molecule has 0 saturated heterocycles. The monoisotopic (exact) mass is 453 g/mol. The van der Waals surface area contributed by atoms with Crippen LogP contribution in [0.3, 0.4) is 0 Å². The average molecular weight is 454 g/mol. The third-order valence-corrected chi connectivity index (χ3v) is 4.34. The third-order valence-electron chi connectivity index (χ3n) is 4.34. The van der Waals surface area contributed by atoms with Crippen molar-refractivity contribution in [3.05, 3.63) is 0 Å². The number of hydrogen-bond donors (Lipinski definition) is 0. The van der Waals surface area contributed by atoms with E-state index in [9.17, 15) is 0 Å². The van der Waals surface area contributed by atoms with E-state index in [0.717, 1.165) is 0 Å². The molecule has 29 heavy (non-hydrogen) atoms. The second-order valence-corrected chi connectivity index (χ2v) is 8.92. The van der Waals surface area contributed by atoms with Gasteiger partial charge in [0.05, 0.1) is 0 Å². The molecule has 0 N–H and O–H groups in total. The fraction of sp³-hybridized carbons (Fsp3) is 0.917. The second kappa shape index (κ2) is 19.4. The van der Waals surface area contributed by atoms with Crippen molar-refractivity contribution in [3.63, 3.8) is 0 Å². The molecule has 0 heterocycles. The molecule has 2 atom stereocenters. The van der Waals surface area contributed by atoms with Gasteiger partial charge in [0, 0.05) is 12.1 Å². The molecule has 0 aliphatic rings. The van der Waals surface area contributed by atoms with Crippen LogP contribution in [0.15, 0.2) is 9.98 Å². The van der Waals surface area contributed by atoms with Crippen molar-refractivity contribution < 1.29 is 16.8 Å². The molecule has 0 aromatic carbocycles. The quantitative estimate of drug-likeness (QED) is 0.148. The van der Waals surface area contributed by atoms with Gasteiger partial charge in [0.25, 0.3) is 0 Å². The van der Waals surface area contributed by atoms with Crippen LogP contribution in [0, 0.1) is 0 Å². The molecule has 0 amide bonds. The van der Waals surface area contributed by atoms with Crippen LogP contribution in [0.1, 0.15) is 109 Å². The first-order valence-electron chi connectivity index (χ1n) is 11.4. The zero-order valence-corrected chi connectivity index (χ0v) is 22.5. The van der Waals surface area contributed by atoms with Gasteiger partial charge in [-0.3, -0.25) is 12.7 Å². The van der Waals surface area contributed by atoms with Crippen LogP contribution >= 0.6 is 0 Å². The van der Waals surface area contributed by atoms with Crippen molar-refractivity contribution in [1.82, 2.24) is 9.80 Å². The van der Waals surface area contributed by atoms with E-state index >= 15 is 0 Å². The Balaban J connectivity index is -0.000000451. The van der Waals surface area contributed by atoms with E-state index in [0.29, 0.717) is 36.3 Å². The summed E-state index contributed by atoms with van der Waals surface area (Å²) >= 11 is 0.